The van der Waals surface area contributed by atoms with Crippen LogP contribution in [0.15, 0.2) is 90.5 Å². The Bertz CT molecular complexity index is 1990. The molecule has 55 heavy (non-hydrogen) atoms. The van der Waals surface area contributed by atoms with E-state index in [0.717, 1.165) is 63.2 Å². The summed E-state index contributed by atoms with van der Waals surface area (Å²) in [5, 5.41) is 10.4. The molecule has 3 aromatic rings. The van der Waals surface area contributed by atoms with Crippen LogP contribution in [0.1, 0.15) is 61.1 Å². The Morgan fingerprint density at radius 2 is 1.16 bits per heavy atom. The molecule has 10 heteroatoms. The van der Waals surface area contributed by atoms with Gasteiger partial charge in [-0.1, -0.05) is 78.4 Å². The molecule has 4 heterocycles. The van der Waals surface area contributed by atoms with Gasteiger partial charge >= 0.3 is 0 Å². The molecule has 1 N–H and O–H groups in total. The minimum absolute atomic E-state index is 0.0435. The van der Waals surface area contributed by atoms with Crippen molar-refractivity contribution in [2.75, 3.05) is 33.3 Å². The number of benzene rings is 3. The number of phenols is 1. The lowest BCUT2D eigenvalue weighted by atomic mass is 9.57. The molecule has 1 saturated carbocycles. The predicted octanol–water partition coefficient (Wildman–Crippen LogP) is 5.37. The molecule has 4 aliphatic heterocycles. The summed E-state index contributed by atoms with van der Waals surface area (Å²) in [5.41, 5.74) is 4.17. The molecular formula is C45H50N4O6. The number of carbonyl (C=O) groups excluding carboxylic acids is 4. The number of hydrogen-bond donors (Lipinski definition) is 1. The fourth-order valence-corrected chi connectivity index (χ4v) is 11.0. The number of nitrogens with zero attached hydrogens (tertiary/aromatic N) is 4. The molecule has 0 unspecified atom stereocenters. The quantitative estimate of drug-likeness (QED) is 0.243. The Morgan fingerprint density at radius 3 is 1.71 bits per heavy atom. The molecule has 5 fully saturated rings. The number of rotatable bonds is 8. The number of piperidine rings is 2. The van der Waals surface area contributed by atoms with Gasteiger partial charge in [-0.15, -0.1) is 0 Å². The molecule has 6 atom stereocenters. The van der Waals surface area contributed by atoms with Gasteiger partial charge in [0.25, 0.3) is 0 Å². The molecule has 3 aromatic carbocycles. The second-order valence-electron chi connectivity index (χ2n) is 16.5. The van der Waals surface area contributed by atoms with E-state index in [2.05, 4.69) is 40.1 Å². The molecule has 0 bridgehead atoms. The van der Waals surface area contributed by atoms with E-state index in [1.54, 1.807) is 35.1 Å². The Labute approximate surface area is 322 Å². The van der Waals surface area contributed by atoms with E-state index in [9.17, 15) is 24.3 Å². The van der Waals surface area contributed by atoms with Crippen LogP contribution in [0.4, 0.5) is 0 Å². The van der Waals surface area contributed by atoms with Crippen LogP contribution < -0.4 is 4.74 Å². The van der Waals surface area contributed by atoms with Gasteiger partial charge in [-0.05, 0) is 61.6 Å². The molecule has 0 spiro atoms. The van der Waals surface area contributed by atoms with Gasteiger partial charge in [0.05, 0.1) is 30.8 Å². The minimum atomic E-state index is -0.649. The van der Waals surface area contributed by atoms with Crippen LogP contribution in [0, 0.1) is 29.6 Å². The van der Waals surface area contributed by atoms with Crippen molar-refractivity contribution in [3.63, 3.8) is 0 Å². The van der Waals surface area contributed by atoms with Crippen LogP contribution in [-0.2, 0) is 32.3 Å². The summed E-state index contributed by atoms with van der Waals surface area (Å²) < 4.78 is 5.80. The number of aromatic hydroxyl groups is 1. The SMILES string of the molecule is COc1cc(O)ccc1[C@H]1C2=CC[C@@H]3C(=O)N(C4CCN(Cc5ccccc5)CC4)C(=O)[C@@H]3[C@@H]2C[C@H]2C(=O)N(C3CCN(Cc4ccccc4)CC3)C(=O)[C@@H]12. The summed E-state index contributed by atoms with van der Waals surface area (Å²) in [7, 11) is 1.54. The van der Waals surface area contributed by atoms with Crippen LogP contribution in [0.2, 0.25) is 0 Å². The largest absolute Gasteiger partial charge is 0.508 e. The summed E-state index contributed by atoms with van der Waals surface area (Å²) in [6, 6.07) is 25.3. The number of amides is 4. The Morgan fingerprint density at radius 1 is 0.636 bits per heavy atom. The van der Waals surface area contributed by atoms with Crippen molar-refractivity contribution in [1.82, 2.24) is 19.6 Å². The highest BCUT2D eigenvalue weighted by atomic mass is 16.5. The van der Waals surface area contributed by atoms with Crippen LogP contribution in [0.3, 0.4) is 0 Å². The number of methoxy groups -OCH3 is 1. The van der Waals surface area contributed by atoms with Gasteiger partial charge in [0.2, 0.25) is 23.6 Å². The fourth-order valence-electron chi connectivity index (χ4n) is 11.0. The van der Waals surface area contributed by atoms with Crippen molar-refractivity contribution >= 4 is 23.6 Å². The van der Waals surface area contributed by atoms with Crippen molar-refractivity contribution in [2.24, 2.45) is 29.6 Å². The van der Waals surface area contributed by atoms with Crippen molar-refractivity contribution in [2.45, 2.75) is 69.6 Å². The molecular weight excluding hydrogens is 693 g/mol. The van der Waals surface area contributed by atoms with Gasteiger partial charge < -0.3 is 9.84 Å². The highest BCUT2D eigenvalue weighted by Crippen LogP contribution is 2.59. The van der Waals surface area contributed by atoms with Crippen molar-refractivity contribution < 1.29 is 29.0 Å². The van der Waals surface area contributed by atoms with Crippen LogP contribution in [-0.4, -0.2) is 93.7 Å². The first-order valence-corrected chi connectivity index (χ1v) is 20.1. The zero-order chi connectivity index (χ0) is 37.8. The number of imide groups is 2. The Hall–Kier alpha value is -4.80. The van der Waals surface area contributed by atoms with E-state index in [4.69, 9.17) is 4.74 Å². The average Bonchev–Trinajstić information content (AvgIpc) is 3.62. The van der Waals surface area contributed by atoms with Crippen LogP contribution in [0.25, 0.3) is 0 Å². The van der Waals surface area contributed by atoms with Gasteiger partial charge in [-0.2, -0.15) is 0 Å². The van der Waals surface area contributed by atoms with E-state index in [1.807, 2.05) is 36.4 Å². The average molecular weight is 743 g/mol. The summed E-state index contributed by atoms with van der Waals surface area (Å²) in [4.78, 5) is 66.1. The van der Waals surface area contributed by atoms with Crippen LogP contribution in [0.5, 0.6) is 11.5 Å². The maximum atomic E-state index is 14.7. The van der Waals surface area contributed by atoms with Gasteiger partial charge in [-0.25, -0.2) is 0 Å². The highest BCUT2D eigenvalue weighted by Gasteiger charge is 2.63. The molecule has 10 nitrogen and oxygen atoms in total. The lowest BCUT2D eigenvalue weighted by Gasteiger charge is -2.44. The smallest absolute Gasteiger partial charge is 0.234 e. The third kappa shape index (κ3) is 6.37. The van der Waals surface area contributed by atoms with Gasteiger partial charge in [-0.3, -0.25) is 38.8 Å². The van der Waals surface area contributed by atoms with E-state index >= 15 is 0 Å². The molecule has 286 valence electrons. The van der Waals surface area contributed by atoms with Crippen molar-refractivity contribution in [3.05, 3.63) is 107 Å². The monoisotopic (exact) mass is 742 g/mol. The molecule has 0 aromatic heterocycles. The maximum absolute atomic E-state index is 14.7. The summed E-state index contributed by atoms with van der Waals surface area (Å²) in [6.07, 6.45) is 5.77. The number of carbonyl (C=O) groups is 4. The number of likely N-dealkylation sites (tertiary alicyclic amines) is 4. The summed E-state index contributed by atoms with van der Waals surface area (Å²) in [6.45, 7) is 4.87. The van der Waals surface area contributed by atoms with E-state index in [-0.39, 0.29) is 47.4 Å². The normalized spacial score (nSPS) is 29.3. The molecule has 9 rings (SSSR count). The van der Waals surface area contributed by atoms with Gasteiger partial charge in [0, 0.05) is 68.9 Å². The first-order chi connectivity index (χ1) is 26.8. The molecule has 0 radical (unpaired) electrons. The lowest BCUT2D eigenvalue weighted by Crippen LogP contribution is -2.48. The standard InChI is InChI=1S/C45H50N4O6/c1-55-38-24-32(50)12-13-34(38)39-33-14-15-35-40(44(53)48(42(35)51)30-16-20-46(21-17-30)26-28-8-4-2-5-9-28)36(33)25-37-41(39)45(54)49(43(37)52)31-18-22-47(23-19-31)27-29-10-6-3-7-11-29/h2-14,24,30-31,35-37,39-41,50H,15-23,25-27H2,1H3/t35-,36+,37+,39+,40-,41+/m0/s1. The number of hydrogen-bond acceptors (Lipinski definition) is 8. The van der Waals surface area contributed by atoms with Crippen LogP contribution >= 0.6 is 0 Å². The second kappa shape index (κ2) is 14.7. The lowest BCUT2D eigenvalue weighted by molar-refractivity contribution is -0.146. The second-order valence-corrected chi connectivity index (χ2v) is 16.5. The fraction of sp³-hybridized carbons (Fsp3) is 0.467. The minimum Gasteiger partial charge on any atom is -0.508 e. The topological polar surface area (TPSA) is 111 Å². The maximum Gasteiger partial charge on any atom is 0.234 e. The van der Waals surface area contributed by atoms with Crippen molar-refractivity contribution in [1.29, 1.82) is 0 Å². The third-order valence-electron chi connectivity index (χ3n) is 13.6. The van der Waals surface area contributed by atoms with E-state index in [1.165, 1.54) is 11.1 Å². The summed E-state index contributed by atoms with van der Waals surface area (Å²) in [5.74, 6) is -3.21. The molecule has 4 saturated heterocycles. The molecule has 4 amide bonds. The first-order valence-electron chi connectivity index (χ1n) is 20.1. The Kier molecular flexibility index (Phi) is 9.58. The van der Waals surface area contributed by atoms with Gasteiger partial charge in [0.1, 0.15) is 11.5 Å². The predicted molar refractivity (Wildman–Crippen MR) is 205 cm³/mol. The van der Waals surface area contributed by atoms with Crippen molar-refractivity contribution in [3.8, 4) is 11.5 Å². The first kappa shape index (κ1) is 35.9. The number of fused-ring (bicyclic) bond motifs is 4. The zero-order valence-corrected chi connectivity index (χ0v) is 31.5. The zero-order valence-electron chi connectivity index (χ0n) is 31.5. The van der Waals surface area contributed by atoms with E-state index < -0.39 is 29.6 Å². The van der Waals surface area contributed by atoms with Gasteiger partial charge in [0.15, 0.2) is 0 Å². The summed E-state index contributed by atoms with van der Waals surface area (Å²) >= 11 is 0. The molecule has 6 aliphatic rings. The van der Waals surface area contributed by atoms with E-state index in [0.29, 0.717) is 31.4 Å². The number of phenolic OH excluding ortho intramolecular Hbond substituents is 1. The third-order valence-corrected chi connectivity index (χ3v) is 13.6. The number of allylic oxidation sites excluding steroid dienone is 2. The highest BCUT2D eigenvalue weighted by molar-refractivity contribution is 6.08. The Balaban J connectivity index is 0.978. The molecule has 2 aliphatic carbocycles. The number of ether oxygens (including phenoxy) is 1.